The van der Waals surface area contributed by atoms with E-state index in [9.17, 15) is 18.5 Å². The first kappa shape index (κ1) is 14.4. The summed E-state index contributed by atoms with van der Waals surface area (Å²) < 4.78 is 26.6. The Morgan fingerprint density at radius 2 is 2.00 bits per heavy atom. The molecule has 1 rings (SSSR count). The van der Waals surface area contributed by atoms with Crippen molar-refractivity contribution < 1.29 is 18.1 Å². The van der Waals surface area contributed by atoms with Crippen molar-refractivity contribution in [1.82, 2.24) is 0 Å². The largest absolute Gasteiger partial charge is 0.485 e. The molecule has 0 unspecified atom stereocenters. The third-order valence-corrected chi connectivity index (χ3v) is 2.95. The third-order valence-electron chi connectivity index (χ3n) is 2.21. The number of sulfonamides is 1. The molecule has 1 aromatic rings. The maximum Gasteiger partial charge on any atom is 0.311 e. The van der Waals surface area contributed by atoms with Crippen LogP contribution in [-0.2, 0) is 10.0 Å². The zero-order valence-electron chi connectivity index (χ0n) is 10.0. The molecule has 0 amide bonds. The van der Waals surface area contributed by atoms with E-state index in [1.807, 2.05) is 0 Å². The zero-order chi connectivity index (χ0) is 13.9. The summed E-state index contributed by atoms with van der Waals surface area (Å²) in [5.41, 5.74) is 1.14. The summed E-state index contributed by atoms with van der Waals surface area (Å²) in [4.78, 5) is 10.3. The second-order valence-corrected chi connectivity index (χ2v) is 5.64. The summed E-state index contributed by atoms with van der Waals surface area (Å²) >= 11 is 0. The molecular weight excluding hydrogens is 260 g/mol. The molecule has 0 aliphatic rings. The van der Waals surface area contributed by atoms with Gasteiger partial charge in [-0.15, -0.1) is 0 Å². The molecule has 0 bridgehead atoms. The van der Waals surface area contributed by atoms with Crippen LogP contribution in [0.15, 0.2) is 12.1 Å². The van der Waals surface area contributed by atoms with Gasteiger partial charge in [0.1, 0.15) is 6.61 Å². The molecule has 0 aliphatic carbocycles. The molecule has 0 aliphatic heterocycles. The van der Waals surface area contributed by atoms with E-state index in [0.29, 0.717) is 5.56 Å². The minimum absolute atomic E-state index is 0.0780. The van der Waals surface area contributed by atoms with Gasteiger partial charge in [0.05, 0.1) is 10.7 Å². The van der Waals surface area contributed by atoms with Gasteiger partial charge in [0.25, 0.3) is 0 Å². The fourth-order valence-corrected chi connectivity index (χ4v) is 1.83. The van der Waals surface area contributed by atoms with E-state index in [4.69, 9.17) is 9.88 Å². The Morgan fingerprint density at radius 1 is 1.39 bits per heavy atom. The lowest BCUT2D eigenvalue weighted by atomic mass is 10.1. The topological polar surface area (TPSA) is 113 Å². The summed E-state index contributed by atoms with van der Waals surface area (Å²) in [5, 5.41) is 15.7. The van der Waals surface area contributed by atoms with Gasteiger partial charge in [-0.1, -0.05) is 6.07 Å². The number of primary sulfonamides is 1. The Kier molecular flexibility index (Phi) is 4.25. The van der Waals surface area contributed by atoms with Gasteiger partial charge in [0.15, 0.2) is 5.75 Å². The number of nitrogens with zero attached hydrogens (tertiary/aromatic N) is 1. The van der Waals surface area contributed by atoms with Gasteiger partial charge in [-0.05, 0) is 25.0 Å². The Balaban J connectivity index is 2.97. The molecule has 0 spiro atoms. The molecule has 0 fully saturated rings. The number of aryl methyl sites for hydroxylation is 2. The zero-order valence-corrected chi connectivity index (χ0v) is 10.9. The van der Waals surface area contributed by atoms with Gasteiger partial charge in [-0.25, -0.2) is 13.6 Å². The van der Waals surface area contributed by atoms with Crippen LogP contribution in [0.3, 0.4) is 0 Å². The van der Waals surface area contributed by atoms with Crippen molar-refractivity contribution in [3.05, 3.63) is 33.4 Å². The Hall–Kier alpha value is -1.67. The molecule has 0 saturated heterocycles. The minimum Gasteiger partial charge on any atom is -0.485 e. The van der Waals surface area contributed by atoms with Crippen molar-refractivity contribution in [2.75, 3.05) is 12.4 Å². The van der Waals surface area contributed by atoms with Gasteiger partial charge in [0, 0.05) is 6.07 Å². The number of nitro groups is 1. The number of benzene rings is 1. The van der Waals surface area contributed by atoms with Crippen molar-refractivity contribution >= 4 is 15.7 Å². The van der Waals surface area contributed by atoms with Crippen molar-refractivity contribution in [2.24, 2.45) is 5.14 Å². The van der Waals surface area contributed by atoms with E-state index in [-0.39, 0.29) is 18.0 Å². The first-order valence-corrected chi connectivity index (χ1v) is 6.81. The second kappa shape index (κ2) is 5.32. The van der Waals surface area contributed by atoms with E-state index in [0.717, 1.165) is 5.56 Å². The van der Waals surface area contributed by atoms with Crippen LogP contribution in [0.5, 0.6) is 5.75 Å². The molecule has 0 atom stereocenters. The molecule has 18 heavy (non-hydrogen) atoms. The highest BCUT2D eigenvalue weighted by atomic mass is 32.2. The molecule has 0 saturated carbocycles. The Morgan fingerprint density at radius 3 is 2.50 bits per heavy atom. The average molecular weight is 274 g/mol. The highest BCUT2D eigenvalue weighted by Crippen LogP contribution is 2.31. The standard InChI is InChI=1S/C10H14N2O5S/c1-7-5-8(2)10(9(6-7)12(13)14)17-3-4-18(11,15)16/h5-6H,3-4H2,1-2H3,(H2,11,15,16). The van der Waals surface area contributed by atoms with E-state index in [1.54, 1.807) is 19.9 Å². The van der Waals surface area contributed by atoms with Crippen molar-refractivity contribution in [3.8, 4) is 5.75 Å². The molecule has 7 nitrogen and oxygen atoms in total. The molecule has 0 aromatic heterocycles. The highest BCUT2D eigenvalue weighted by molar-refractivity contribution is 7.89. The second-order valence-electron chi connectivity index (χ2n) is 3.90. The normalized spacial score (nSPS) is 11.3. The van der Waals surface area contributed by atoms with Crippen LogP contribution in [-0.4, -0.2) is 25.7 Å². The van der Waals surface area contributed by atoms with E-state index >= 15 is 0 Å². The Bertz CT molecular complexity index is 568. The first-order chi connectivity index (χ1) is 8.20. The average Bonchev–Trinajstić information content (AvgIpc) is 2.18. The molecule has 0 heterocycles. The summed E-state index contributed by atoms with van der Waals surface area (Å²) in [6.45, 7) is 3.17. The molecule has 2 N–H and O–H groups in total. The smallest absolute Gasteiger partial charge is 0.311 e. The number of ether oxygens (including phenoxy) is 1. The number of hydrogen-bond acceptors (Lipinski definition) is 5. The highest BCUT2D eigenvalue weighted by Gasteiger charge is 2.18. The van der Waals surface area contributed by atoms with Crippen LogP contribution in [0, 0.1) is 24.0 Å². The monoisotopic (exact) mass is 274 g/mol. The van der Waals surface area contributed by atoms with Crippen molar-refractivity contribution in [1.29, 1.82) is 0 Å². The van der Waals surface area contributed by atoms with Crippen LogP contribution in [0.25, 0.3) is 0 Å². The maximum absolute atomic E-state index is 10.9. The lowest BCUT2D eigenvalue weighted by Gasteiger charge is -2.09. The van der Waals surface area contributed by atoms with Crippen molar-refractivity contribution in [2.45, 2.75) is 13.8 Å². The number of nitro benzene ring substituents is 1. The number of hydrogen-bond donors (Lipinski definition) is 1. The minimum atomic E-state index is -3.64. The number of rotatable bonds is 5. The molecule has 1 aromatic carbocycles. The van der Waals surface area contributed by atoms with Crippen LogP contribution in [0.2, 0.25) is 0 Å². The van der Waals surface area contributed by atoms with Gasteiger partial charge in [-0.2, -0.15) is 0 Å². The number of nitrogens with two attached hydrogens (primary N) is 1. The lowest BCUT2D eigenvalue weighted by molar-refractivity contribution is -0.385. The van der Waals surface area contributed by atoms with Crippen molar-refractivity contribution in [3.63, 3.8) is 0 Å². The summed E-state index contributed by atoms with van der Waals surface area (Å²) in [5.74, 6) is -0.313. The fourth-order valence-electron chi connectivity index (χ4n) is 1.52. The Labute approximate surface area is 105 Å². The predicted octanol–water partition coefficient (Wildman–Crippen LogP) is 0.879. The van der Waals surface area contributed by atoms with Gasteiger partial charge < -0.3 is 4.74 Å². The van der Waals surface area contributed by atoms with Crippen LogP contribution in [0.4, 0.5) is 5.69 Å². The molecule has 100 valence electrons. The quantitative estimate of drug-likeness (QED) is 0.632. The lowest BCUT2D eigenvalue weighted by Crippen LogP contribution is -2.21. The van der Waals surface area contributed by atoms with Gasteiger partial charge >= 0.3 is 5.69 Å². The first-order valence-electron chi connectivity index (χ1n) is 5.09. The molecule has 8 heteroatoms. The van der Waals surface area contributed by atoms with E-state index in [2.05, 4.69) is 0 Å². The van der Waals surface area contributed by atoms with Crippen LogP contribution < -0.4 is 9.88 Å². The van der Waals surface area contributed by atoms with Crippen LogP contribution in [0.1, 0.15) is 11.1 Å². The maximum atomic E-state index is 10.9. The van der Waals surface area contributed by atoms with E-state index in [1.165, 1.54) is 6.07 Å². The predicted molar refractivity (Wildman–Crippen MR) is 66.0 cm³/mol. The summed E-state index contributed by atoms with van der Waals surface area (Å²) in [7, 11) is -3.64. The SMILES string of the molecule is Cc1cc(C)c(OCCS(N)(=O)=O)c([N+](=O)[O-])c1. The fraction of sp³-hybridized carbons (Fsp3) is 0.400. The van der Waals surface area contributed by atoms with Gasteiger partial charge in [-0.3, -0.25) is 10.1 Å². The van der Waals surface area contributed by atoms with Gasteiger partial charge in [0.2, 0.25) is 10.0 Å². The third kappa shape index (κ3) is 3.97. The summed E-state index contributed by atoms with van der Waals surface area (Å²) in [6, 6.07) is 3.10. The van der Waals surface area contributed by atoms with Crippen LogP contribution >= 0.6 is 0 Å². The molecular formula is C10H14N2O5S. The summed E-state index contributed by atoms with van der Waals surface area (Å²) in [6.07, 6.45) is 0. The van der Waals surface area contributed by atoms with E-state index < -0.39 is 20.7 Å². The molecule has 0 radical (unpaired) electrons.